The van der Waals surface area contributed by atoms with Crippen LogP contribution < -0.4 is 5.56 Å². The van der Waals surface area contributed by atoms with Crippen molar-refractivity contribution >= 4 is 11.6 Å². The molecule has 0 radical (unpaired) electrons. The molecule has 1 N–H and O–H groups in total. The number of carbonyl (C=O) groups is 1. The smallest absolute Gasteiger partial charge is 0.407 e. The number of benzene rings is 1. The maximum Gasteiger partial charge on any atom is 0.407 e. The fourth-order valence-corrected chi connectivity index (χ4v) is 3.40. The van der Waals surface area contributed by atoms with E-state index in [2.05, 4.69) is 5.10 Å². The molecular weight excluding hydrogens is 382 g/mol. The zero-order chi connectivity index (χ0) is 21.1. The van der Waals surface area contributed by atoms with E-state index >= 15 is 0 Å². The molecule has 3 heterocycles. The van der Waals surface area contributed by atoms with Crippen LogP contribution in [0.5, 0.6) is 0 Å². The van der Waals surface area contributed by atoms with E-state index < -0.39 is 6.09 Å². The average Bonchev–Trinajstić information content (AvgIpc) is 3.15. The minimum Gasteiger partial charge on any atom is -0.465 e. The van der Waals surface area contributed by atoms with Gasteiger partial charge in [-0.05, 0) is 25.1 Å². The van der Waals surface area contributed by atoms with Crippen molar-refractivity contribution in [2.45, 2.75) is 13.5 Å². The Balaban J connectivity index is 1.81. The number of hydrogen-bond donors (Lipinski definition) is 1. The van der Waals surface area contributed by atoms with Crippen LogP contribution in [0, 0.1) is 0 Å². The molecule has 0 unspecified atom stereocenters. The number of hydrogen-bond acceptors (Lipinski definition) is 4. The van der Waals surface area contributed by atoms with Crippen molar-refractivity contribution in [1.29, 1.82) is 0 Å². The predicted octanol–water partition coefficient (Wildman–Crippen LogP) is 3.22. The van der Waals surface area contributed by atoms with Crippen LogP contribution in [0.3, 0.4) is 0 Å². The lowest BCUT2D eigenvalue weighted by Crippen LogP contribution is -2.35. The van der Waals surface area contributed by atoms with E-state index in [1.165, 1.54) is 15.6 Å². The summed E-state index contributed by atoms with van der Waals surface area (Å²) in [6, 6.07) is 18.7. The summed E-state index contributed by atoms with van der Waals surface area (Å²) in [7, 11) is 0. The lowest BCUT2D eigenvalue weighted by atomic mass is 10.0. The summed E-state index contributed by atoms with van der Waals surface area (Å²) in [4.78, 5) is 24.8. The third kappa shape index (κ3) is 3.67. The number of aromatic nitrogens is 4. The molecule has 30 heavy (non-hydrogen) atoms. The van der Waals surface area contributed by atoms with Gasteiger partial charge in [-0.25, -0.2) is 14.0 Å². The van der Waals surface area contributed by atoms with E-state index in [9.17, 15) is 14.7 Å². The second-order valence-corrected chi connectivity index (χ2v) is 6.76. The molecule has 0 fully saturated rings. The molecule has 0 aliphatic rings. The van der Waals surface area contributed by atoms with Gasteiger partial charge in [-0.2, -0.15) is 10.2 Å². The molecule has 1 aromatic carbocycles. The quantitative estimate of drug-likeness (QED) is 0.534. The number of rotatable bonds is 6. The molecule has 3 aromatic heterocycles. The van der Waals surface area contributed by atoms with Crippen LogP contribution in [0.4, 0.5) is 4.79 Å². The van der Waals surface area contributed by atoms with Gasteiger partial charge in [-0.1, -0.05) is 36.4 Å². The standard InChI is InChI=1S/C22H21N5O3/c1-2-25(22(29)30)14-15-27-19(28)12-11-17(23-27)20-18-10-6-7-13-26(18)24-21(20)16-8-4-3-5-9-16/h3-13H,2,14-15H2,1H3,(H,29,30). The fraction of sp³-hybridized carbons (Fsp3) is 0.182. The summed E-state index contributed by atoms with van der Waals surface area (Å²) in [5.41, 5.74) is 3.72. The summed E-state index contributed by atoms with van der Waals surface area (Å²) in [5.74, 6) is 0. The predicted molar refractivity (Wildman–Crippen MR) is 113 cm³/mol. The number of amides is 1. The van der Waals surface area contributed by atoms with E-state index in [1.807, 2.05) is 54.7 Å². The molecule has 8 nitrogen and oxygen atoms in total. The summed E-state index contributed by atoms with van der Waals surface area (Å²) < 4.78 is 3.10. The van der Waals surface area contributed by atoms with Crippen molar-refractivity contribution in [3.8, 4) is 22.5 Å². The number of pyridine rings is 1. The largest absolute Gasteiger partial charge is 0.465 e. The molecular formula is C22H21N5O3. The van der Waals surface area contributed by atoms with Gasteiger partial charge < -0.3 is 10.0 Å². The maximum absolute atomic E-state index is 12.3. The molecule has 0 saturated heterocycles. The lowest BCUT2D eigenvalue weighted by Gasteiger charge is -2.17. The van der Waals surface area contributed by atoms with Gasteiger partial charge in [0.15, 0.2) is 0 Å². The van der Waals surface area contributed by atoms with Crippen molar-refractivity contribution in [1.82, 2.24) is 24.3 Å². The van der Waals surface area contributed by atoms with Crippen molar-refractivity contribution < 1.29 is 9.90 Å². The van der Waals surface area contributed by atoms with Gasteiger partial charge in [0.25, 0.3) is 5.56 Å². The Morgan fingerprint density at radius 3 is 2.53 bits per heavy atom. The van der Waals surface area contributed by atoms with Crippen molar-refractivity contribution in [2.24, 2.45) is 0 Å². The highest BCUT2D eigenvalue weighted by molar-refractivity contribution is 5.90. The maximum atomic E-state index is 12.3. The SMILES string of the molecule is CCN(CCn1nc(-c2c(-c3ccccc3)nn3ccccc23)ccc1=O)C(=O)O. The number of likely N-dealkylation sites (N-methyl/N-ethyl adjacent to an activating group) is 1. The Kier molecular flexibility index (Phi) is 5.30. The third-order valence-electron chi connectivity index (χ3n) is 4.94. The van der Waals surface area contributed by atoms with E-state index in [0.29, 0.717) is 12.2 Å². The van der Waals surface area contributed by atoms with Crippen molar-refractivity contribution in [3.63, 3.8) is 0 Å². The fourth-order valence-electron chi connectivity index (χ4n) is 3.40. The van der Waals surface area contributed by atoms with Crippen LogP contribution in [0.25, 0.3) is 28.0 Å². The highest BCUT2D eigenvalue weighted by Gasteiger charge is 2.18. The van der Waals surface area contributed by atoms with Gasteiger partial charge in [-0.15, -0.1) is 0 Å². The Bertz CT molecular complexity index is 1250. The van der Waals surface area contributed by atoms with Crippen molar-refractivity contribution in [2.75, 3.05) is 13.1 Å². The normalized spacial score (nSPS) is 11.0. The summed E-state index contributed by atoms with van der Waals surface area (Å²) in [6.45, 7) is 2.46. The lowest BCUT2D eigenvalue weighted by molar-refractivity contribution is 0.145. The molecule has 4 rings (SSSR count). The molecule has 0 aliphatic carbocycles. The van der Waals surface area contributed by atoms with Gasteiger partial charge >= 0.3 is 6.09 Å². The number of carboxylic acid groups (broad SMARTS) is 1. The van der Waals surface area contributed by atoms with Crippen LogP contribution in [0.1, 0.15) is 6.92 Å². The summed E-state index contributed by atoms with van der Waals surface area (Å²) in [5, 5.41) is 18.5. The molecule has 0 atom stereocenters. The first kappa shape index (κ1) is 19.4. The van der Waals surface area contributed by atoms with Gasteiger partial charge in [0, 0.05) is 30.9 Å². The topological polar surface area (TPSA) is 92.7 Å². The van der Waals surface area contributed by atoms with Crippen molar-refractivity contribution in [3.05, 3.63) is 77.2 Å². The van der Waals surface area contributed by atoms with Crippen LogP contribution in [0.15, 0.2) is 71.7 Å². The number of nitrogens with zero attached hydrogens (tertiary/aromatic N) is 5. The third-order valence-corrected chi connectivity index (χ3v) is 4.94. The highest BCUT2D eigenvalue weighted by atomic mass is 16.4. The van der Waals surface area contributed by atoms with Gasteiger partial charge in [0.2, 0.25) is 0 Å². The monoisotopic (exact) mass is 403 g/mol. The van der Waals surface area contributed by atoms with Gasteiger partial charge in [-0.3, -0.25) is 4.79 Å². The summed E-state index contributed by atoms with van der Waals surface area (Å²) >= 11 is 0. The van der Waals surface area contributed by atoms with Crippen LogP contribution in [-0.4, -0.2) is 48.6 Å². The highest BCUT2D eigenvalue weighted by Crippen LogP contribution is 2.33. The average molecular weight is 403 g/mol. The molecule has 1 amide bonds. The minimum atomic E-state index is -1.02. The van der Waals surface area contributed by atoms with E-state index in [-0.39, 0.29) is 18.6 Å². The minimum absolute atomic E-state index is 0.173. The molecule has 152 valence electrons. The summed E-state index contributed by atoms with van der Waals surface area (Å²) in [6.07, 6.45) is 0.850. The van der Waals surface area contributed by atoms with E-state index in [0.717, 1.165) is 22.3 Å². The van der Waals surface area contributed by atoms with Crippen LogP contribution >= 0.6 is 0 Å². The molecule has 8 heteroatoms. The molecule has 0 aliphatic heterocycles. The molecule has 0 bridgehead atoms. The first-order valence-electron chi connectivity index (χ1n) is 9.67. The second-order valence-electron chi connectivity index (χ2n) is 6.76. The number of fused-ring (bicyclic) bond motifs is 1. The molecule has 0 spiro atoms. The zero-order valence-corrected chi connectivity index (χ0v) is 16.5. The first-order valence-corrected chi connectivity index (χ1v) is 9.67. The zero-order valence-electron chi connectivity index (χ0n) is 16.5. The Labute approximate surface area is 172 Å². The Morgan fingerprint density at radius 2 is 1.80 bits per heavy atom. The molecule has 0 saturated carbocycles. The Hall–Kier alpha value is -3.94. The Morgan fingerprint density at radius 1 is 1.03 bits per heavy atom. The first-order chi connectivity index (χ1) is 14.6. The second kappa shape index (κ2) is 8.20. The van der Waals surface area contributed by atoms with Gasteiger partial charge in [0.1, 0.15) is 5.69 Å². The van der Waals surface area contributed by atoms with E-state index in [4.69, 9.17) is 5.10 Å². The van der Waals surface area contributed by atoms with Crippen LogP contribution in [-0.2, 0) is 6.54 Å². The van der Waals surface area contributed by atoms with Gasteiger partial charge in [0.05, 0.1) is 23.3 Å². The molecule has 4 aromatic rings. The van der Waals surface area contributed by atoms with Crippen LogP contribution in [0.2, 0.25) is 0 Å². The van der Waals surface area contributed by atoms with E-state index in [1.54, 1.807) is 17.5 Å².